The molecule has 26 heavy (non-hydrogen) atoms. The molecule has 0 saturated carbocycles. The average molecular weight is 365 g/mol. The van der Waals surface area contributed by atoms with Gasteiger partial charge in [-0.05, 0) is 55.9 Å². The van der Waals surface area contributed by atoms with Crippen molar-refractivity contribution in [1.82, 2.24) is 14.8 Å². The zero-order chi connectivity index (χ0) is 18.8. The maximum atomic E-state index is 12.7. The molecular formula is C20H19N3O2S. The van der Waals surface area contributed by atoms with E-state index in [0.29, 0.717) is 0 Å². The quantitative estimate of drug-likeness (QED) is 0.392. The Morgan fingerprint density at radius 3 is 2.54 bits per heavy atom. The molecule has 1 aromatic heterocycles. The molecule has 0 aliphatic carbocycles. The summed E-state index contributed by atoms with van der Waals surface area (Å²) >= 11 is 5.07. The fourth-order valence-corrected chi connectivity index (χ4v) is 3.30. The summed E-state index contributed by atoms with van der Waals surface area (Å²) in [5.74, 6) is -0.895. The van der Waals surface area contributed by atoms with E-state index >= 15 is 0 Å². The predicted molar refractivity (Wildman–Crippen MR) is 106 cm³/mol. The van der Waals surface area contributed by atoms with Crippen LogP contribution in [0.2, 0.25) is 0 Å². The summed E-state index contributed by atoms with van der Waals surface area (Å²) in [4.78, 5) is 26.3. The fraction of sp³-hybridized carbons (Fsp3) is 0.150. The van der Waals surface area contributed by atoms with E-state index in [9.17, 15) is 9.59 Å². The molecule has 0 bridgehead atoms. The number of rotatable bonds is 4. The molecule has 6 heteroatoms. The molecule has 1 aliphatic rings. The second-order valence-electron chi connectivity index (χ2n) is 6.02. The number of carbonyl (C=O) groups excluding carboxylic acids is 2. The highest BCUT2D eigenvalue weighted by molar-refractivity contribution is 7.80. The Morgan fingerprint density at radius 1 is 1.19 bits per heavy atom. The normalized spacial score (nSPS) is 16.2. The molecule has 0 unspecified atom stereocenters. The van der Waals surface area contributed by atoms with Crippen LogP contribution in [-0.2, 0) is 9.59 Å². The van der Waals surface area contributed by atoms with Crippen LogP contribution in [0.1, 0.15) is 17.0 Å². The van der Waals surface area contributed by atoms with E-state index in [2.05, 4.69) is 16.5 Å². The van der Waals surface area contributed by atoms with Gasteiger partial charge < -0.3 is 4.57 Å². The molecule has 0 spiro atoms. The van der Waals surface area contributed by atoms with E-state index in [1.54, 1.807) is 12.2 Å². The molecule has 2 aromatic rings. The Bertz CT molecular complexity index is 941. The zero-order valence-corrected chi connectivity index (χ0v) is 15.5. The topological polar surface area (TPSA) is 54.3 Å². The summed E-state index contributed by atoms with van der Waals surface area (Å²) in [6.45, 7) is 7.83. The van der Waals surface area contributed by atoms with E-state index in [-0.39, 0.29) is 17.2 Å². The van der Waals surface area contributed by atoms with Crippen LogP contribution in [0, 0.1) is 13.8 Å². The highest BCUT2D eigenvalue weighted by Gasteiger charge is 2.32. The maximum absolute atomic E-state index is 12.7. The van der Waals surface area contributed by atoms with E-state index < -0.39 is 11.8 Å². The van der Waals surface area contributed by atoms with Crippen molar-refractivity contribution in [3.05, 3.63) is 71.6 Å². The van der Waals surface area contributed by atoms with Crippen LogP contribution in [0.15, 0.2) is 54.6 Å². The molecule has 1 fully saturated rings. The number of hydrogen-bond donors (Lipinski definition) is 1. The van der Waals surface area contributed by atoms with Crippen LogP contribution >= 0.6 is 12.2 Å². The maximum Gasteiger partial charge on any atom is 0.265 e. The van der Waals surface area contributed by atoms with Crippen LogP contribution in [0.4, 0.5) is 0 Å². The molecule has 1 N–H and O–H groups in total. The van der Waals surface area contributed by atoms with Gasteiger partial charge in [-0.2, -0.15) is 0 Å². The summed E-state index contributed by atoms with van der Waals surface area (Å²) in [7, 11) is 0. The number of benzene rings is 1. The van der Waals surface area contributed by atoms with Crippen molar-refractivity contribution < 1.29 is 9.59 Å². The minimum Gasteiger partial charge on any atom is -0.318 e. The monoisotopic (exact) mass is 365 g/mol. The van der Waals surface area contributed by atoms with Crippen molar-refractivity contribution in [2.75, 3.05) is 6.54 Å². The van der Waals surface area contributed by atoms with Gasteiger partial charge in [0.2, 0.25) is 0 Å². The first-order chi connectivity index (χ1) is 12.4. The number of aromatic nitrogens is 1. The van der Waals surface area contributed by atoms with Gasteiger partial charge in [-0.25, -0.2) is 0 Å². The van der Waals surface area contributed by atoms with Gasteiger partial charge in [0.1, 0.15) is 5.57 Å². The average Bonchev–Trinajstić information content (AvgIpc) is 2.89. The van der Waals surface area contributed by atoms with Crippen molar-refractivity contribution in [1.29, 1.82) is 0 Å². The van der Waals surface area contributed by atoms with Gasteiger partial charge in [0, 0.05) is 23.6 Å². The molecule has 1 saturated heterocycles. The number of nitrogens with one attached hydrogen (secondary N) is 1. The molecule has 0 atom stereocenters. The lowest BCUT2D eigenvalue weighted by molar-refractivity contribution is -0.128. The highest BCUT2D eigenvalue weighted by atomic mass is 32.1. The van der Waals surface area contributed by atoms with Crippen molar-refractivity contribution in [2.24, 2.45) is 0 Å². The number of nitrogens with zero attached hydrogens (tertiary/aromatic N) is 2. The Morgan fingerprint density at radius 2 is 1.88 bits per heavy atom. The van der Waals surface area contributed by atoms with Crippen LogP contribution in [-0.4, -0.2) is 32.9 Å². The third-order valence-corrected chi connectivity index (χ3v) is 4.60. The minimum atomic E-state index is -0.482. The predicted octanol–water partition coefficient (Wildman–Crippen LogP) is 2.91. The molecule has 1 aliphatic heterocycles. The van der Waals surface area contributed by atoms with Crippen molar-refractivity contribution in [3.63, 3.8) is 0 Å². The molecule has 0 radical (unpaired) electrons. The van der Waals surface area contributed by atoms with E-state index in [4.69, 9.17) is 12.2 Å². The van der Waals surface area contributed by atoms with Gasteiger partial charge in [-0.1, -0.05) is 24.3 Å². The van der Waals surface area contributed by atoms with E-state index in [1.807, 2.05) is 50.2 Å². The summed E-state index contributed by atoms with van der Waals surface area (Å²) in [6, 6.07) is 11.9. The van der Waals surface area contributed by atoms with Crippen LogP contribution in [0.5, 0.6) is 0 Å². The number of carbonyl (C=O) groups is 2. The molecular weight excluding hydrogens is 346 g/mol. The number of amides is 2. The first kappa shape index (κ1) is 17.8. The number of para-hydroxylation sites is 1. The number of aryl methyl sites for hydroxylation is 1. The first-order valence-corrected chi connectivity index (χ1v) is 8.59. The lowest BCUT2D eigenvalue weighted by atomic mass is 10.1. The molecule has 3 rings (SSSR count). The zero-order valence-electron chi connectivity index (χ0n) is 14.7. The largest absolute Gasteiger partial charge is 0.318 e. The molecule has 1 aromatic carbocycles. The van der Waals surface area contributed by atoms with Gasteiger partial charge in [0.05, 0.1) is 0 Å². The Labute approximate surface area is 157 Å². The standard InChI is InChI=1S/C20H19N3O2S/c1-4-10-22-19(25)17(18(24)21-20(22)26)12-15-11-13(2)23(14(15)3)16-8-6-5-7-9-16/h4-9,11-12H,1,10H2,2-3H3,(H,21,24,26). The third-order valence-electron chi connectivity index (χ3n) is 4.28. The van der Waals surface area contributed by atoms with Crippen LogP contribution in [0.25, 0.3) is 11.8 Å². The SMILES string of the molecule is C=CCN1C(=O)C(=Cc2cc(C)n(-c3ccccc3)c2C)C(=O)NC1=S. The molecule has 5 nitrogen and oxygen atoms in total. The number of hydrogen-bond acceptors (Lipinski definition) is 3. The van der Waals surface area contributed by atoms with E-state index in [0.717, 1.165) is 22.6 Å². The van der Waals surface area contributed by atoms with Crippen LogP contribution < -0.4 is 5.32 Å². The van der Waals surface area contributed by atoms with E-state index in [1.165, 1.54) is 4.90 Å². The van der Waals surface area contributed by atoms with Crippen LogP contribution in [0.3, 0.4) is 0 Å². The molecule has 132 valence electrons. The summed E-state index contributed by atoms with van der Waals surface area (Å²) in [5, 5.41) is 2.67. The smallest absolute Gasteiger partial charge is 0.265 e. The fourth-order valence-electron chi connectivity index (χ4n) is 3.05. The Hall–Kier alpha value is -2.99. The summed E-state index contributed by atoms with van der Waals surface area (Å²) < 4.78 is 2.09. The Kier molecular flexibility index (Phi) is 4.86. The van der Waals surface area contributed by atoms with Gasteiger partial charge in [-0.3, -0.25) is 19.8 Å². The molecule has 2 amide bonds. The van der Waals surface area contributed by atoms with Gasteiger partial charge >= 0.3 is 0 Å². The summed E-state index contributed by atoms with van der Waals surface area (Å²) in [5.41, 5.74) is 3.87. The lowest BCUT2D eigenvalue weighted by Crippen LogP contribution is -2.53. The second-order valence-corrected chi connectivity index (χ2v) is 6.41. The minimum absolute atomic E-state index is 0.0637. The number of thiocarbonyl (C=S) groups is 1. The lowest BCUT2D eigenvalue weighted by Gasteiger charge is -2.27. The van der Waals surface area contributed by atoms with Crippen molar-refractivity contribution in [3.8, 4) is 5.69 Å². The van der Waals surface area contributed by atoms with Gasteiger partial charge in [0.25, 0.3) is 11.8 Å². The first-order valence-electron chi connectivity index (χ1n) is 8.18. The van der Waals surface area contributed by atoms with Gasteiger partial charge in [-0.15, -0.1) is 6.58 Å². The van der Waals surface area contributed by atoms with Crippen molar-refractivity contribution in [2.45, 2.75) is 13.8 Å². The van der Waals surface area contributed by atoms with Crippen molar-refractivity contribution >= 4 is 35.2 Å². The highest BCUT2D eigenvalue weighted by Crippen LogP contribution is 2.24. The third kappa shape index (κ3) is 3.11. The van der Waals surface area contributed by atoms with Gasteiger partial charge in [0.15, 0.2) is 5.11 Å². The second kappa shape index (κ2) is 7.09. The summed E-state index contributed by atoms with van der Waals surface area (Å²) in [6.07, 6.45) is 3.19. The Balaban J connectivity index is 2.05. The molecule has 2 heterocycles.